The Balaban J connectivity index is 1.99. The lowest BCUT2D eigenvalue weighted by molar-refractivity contribution is -0.149. The molecule has 1 aromatic heterocycles. The van der Waals surface area contributed by atoms with Crippen LogP contribution in [0.1, 0.15) is 27.0 Å². The second kappa shape index (κ2) is 12.1. The fourth-order valence-corrected chi connectivity index (χ4v) is 5.18. The minimum Gasteiger partial charge on any atom is -0.462 e. The van der Waals surface area contributed by atoms with Crippen molar-refractivity contribution in [3.63, 3.8) is 0 Å². The number of azide groups is 1. The molecule has 0 amide bonds. The van der Waals surface area contributed by atoms with Gasteiger partial charge in [-0.1, -0.05) is 29.2 Å². The highest BCUT2D eigenvalue weighted by Crippen LogP contribution is 2.50. The largest absolute Gasteiger partial charge is 0.462 e. The van der Waals surface area contributed by atoms with Crippen LogP contribution < -0.4 is 20.9 Å². The SMILES string of the molecule is C#C[C@]1(O)[C@H](n2ccc(=O)[nH]c2=O)O[C@@](CO[P@@](=O)(NC(C)C(=O)OC(C)C)Oc2ccccc2)(N=[N+]=[N-])[C@H]1O. The summed E-state index contributed by atoms with van der Waals surface area (Å²) in [6.45, 7) is 3.48. The molecule has 1 fully saturated rings. The van der Waals surface area contributed by atoms with Crippen LogP contribution in [0.15, 0.2) is 57.3 Å². The predicted octanol–water partition coefficient (Wildman–Crippen LogP) is 0.931. The van der Waals surface area contributed by atoms with E-state index in [1.54, 1.807) is 32.0 Å². The van der Waals surface area contributed by atoms with E-state index in [-0.39, 0.29) is 5.75 Å². The lowest BCUT2D eigenvalue weighted by Gasteiger charge is -2.30. The fraction of sp³-hybridized carbons (Fsp3) is 0.435. The molecule has 214 valence electrons. The number of ether oxygens (including phenoxy) is 2. The van der Waals surface area contributed by atoms with E-state index in [0.717, 1.165) is 12.3 Å². The van der Waals surface area contributed by atoms with Crippen LogP contribution in [0.25, 0.3) is 10.4 Å². The van der Waals surface area contributed by atoms with Gasteiger partial charge in [-0.05, 0) is 38.4 Å². The Kier molecular flexibility index (Phi) is 9.24. The fourth-order valence-electron chi connectivity index (χ4n) is 3.67. The molecule has 6 atom stereocenters. The lowest BCUT2D eigenvalue weighted by atomic mass is 9.92. The number of carbonyl (C=O) groups excluding carboxylic acids is 1. The zero-order valence-electron chi connectivity index (χ0n) is 21.5. The molecule has 1 aromatic carbocycles. The molecule has 0 saturated carbocycles. The van der Waals surface area contributed by atoms with Gasteiger partial charge in [-0.15, -0.1) is 6.42 Å². The average molecular weight is 578 g/mol. The van der Waals surface area contributed by atoms with Crippen molar-refractivity contribution in [2.24, 2.45) is 5.11 Å². The van der Waals surface area contributed by atoms with Gasteiger partial charge in [0.15, 0.2) is 11.8 Å². The Bertz CT molecular complexity index is 1480. The molecule has 0 bridgehead atoms. The van der Waals surface area contributed by atoms with E-state index in [1.165, 1.54) is 19.1 Å². The summed E-state index contributed by atoms with van der Waals surface area (Å²) < 4.78 is 36.2. The third-order valence-electron chi connectivity index (χ3n) is 5.55. The molecule has 3 rings (SSSR count). The third kappa shape index (κ3) is 6.44. The Morgan fingerprint density at radius 3 is 2.60 bits per heavy atom. The Morgan fingerprint density at radius 2 is 2.02 bits per heavy atom. The first-order chi connectivity index (χ1) is 18.8. The number of carbonyl (C=O) groups is 1. The van der Waals surface area contributed by atoms with Crippen LogP contribution in [-0.4, -0.2) is 61.9 Å². The molecule has 0 aliphatic carbocycles. The summed E-state index contributed by atoms with van der Waals surface area (Å²) in [6, 6.07) is 7.36. The zero-order chi connectivity index (χ0) is 29.7. The maximum absolute atomic E-state index is 13.8. The lowest BCUT2D eigenvalue weighted by Crippen LogP contribution is -2.52. The molecular formula is C23H27N6O10P. The molecule has 2 aromatic rings. The molecule has 16 nitrogen and oxygen atoms in total. The number of benzene rings is 1. The smallest absolute Gasteiger partial charge is 0.459 e. The Hall–Kier alpha value is -3.93. The summed E-state index contributed by atoms with van der Waals surface area (Å²) in [5.41, 5.74) is 2.10. The van der Waals surface area contributed by atoms with E-state index in [9.17, 15) is 34.7 Å². The second-order valence-corrected chi connectivity index (χ2v) is 10.6. The van der Waals surface area contributed by atoms with Crippen molar-refractivity contribution in [2.75, 3.05) is 6.61 Å². The number of aromatic amines is 1. The van der Waals surface area contributed by atoms with Gasteiger partial charge in [0, 0.05) is 17.2 Å². The number of esters is 1. The quantitative estimate of drug-likeness (QED) is 0.0732. The number of terminal acetylenes is 1. The van der Waals surface area contributed by atoms with Crippen molar-refractivity contribution < 1.29 is 38.1 Å². The summed E-state index contributed by atoms with van der Waals surface area (Å²) in [7, 11) is -4.57. The molecule has 40 heavy (non-hydrogen) atoms. The molecule has 0 radical (unpaired) electrons. The number of H-pyrrole nitrogens is 1. The molecule has 2 heterocycles. The molecule has 1 unspecified atom stereocenters. The molecule has 1 saturated heterocycles. The normalized spacial score (nSPS) is 26.2. The topological polar surface area (TPSA) is 227 Å². The summed E-state index contributed by atoms with van der Waals surface area (Å²) >= 11 is 0. The molecule has 17 heteroatoms. The number of hydrogen-bond donors (Lipinski definition) is 4. The summed E-state index contributed by atoms with van der Waals surface area (Å²) in [5, 5.41) is 28.0. The molecule has 1 aliphatic heterocycles. The van der Waals surface area contributed by atoms with Crippen molar-refractivity contribution in [3.8, 4) is 18.1 Å². The van der Waals surface area contributed by atoms with Crippen molar-refractivity contribution in [1.82, 2.24) is 14.6 Å². The Morgan fingerprint density at radius 1 is 1.35 bits per heavy atom. The van der Waals surface area contributed by atoms with Crippen LogP contribution in [0, 0.1) is 12.3 Å². The minimum atomic E-state index is -4.57. The van der Waals surface area contributed by atoms with Gasteiger partial charge in [0.05, 0.1) is 12.7 Å². The minimum absolute atomic E-state index is 0.0475. The van der Waals surface area contributed by atoms with E-state index < -0.39 is 67.4 Å². The standard InChI is InChI=1S/C23H27N6O10P/c1-5-22(34)19(32)23(27-28-24,38-20(22)29-12-11-17(30)25-21(29)33)13-36-40(35,39-16-9-7-6-8-10-16)26-15(4)18(31)37-14(2)3/h1,6-12,14-15,19-20,32,34H,13H2,2-4H3,(H,26,35)(H,25,30,33)/t15?,19-,20+,22+,23+,40-/m0/s1. The van der Waals surface area contributed by atoms with Gasteiger partial charge in [-0.25, -0.2) is 9.36 Å². The highest BCUT2D eigenvalue weighted by atomic mass is 31.2. The van der Waals surface area contributed by atoms with Gasteiger partial charge in [-0.2, -0.15) is 5.09 Å². The van der Waals surface area contributed by atoms with Crippen LogP contribution in [0.3, 0.4) is 0 Å². The number of aromatic nitrogens is 2. The maximum atomic E-state index is 13.8. The number of aliphatic hydroxyl groups is 2. The summed E-state index contributed by atoms with van der Waals surface area (Å²) in [6.07, 6.45) is 1.73. The molecule has 0 spiro atoms. The Labute approximate surface area is 227 Å². The number of para-hydroxylation sites is 1. The van der Waals surface area contributed by atoms with E-state index in [1.807, 2.05) is 10.9 Å². The third-order valence-corrected chi connectivity index (χ3v) is 7.18. The second-order valence-electron chi connectivity index (χ2n) is 8.91. The van der Waals surface area contributed by atoms with Gasteiger partial charge in [0.1, 0.15) is 17.9 Å². The van der Waals surface area contributed by atoms with E-state index >= 15 is 0 Å². The van der Waals surface area contributed by atoms with Crippen molar-refractivity contribution >= 4 is 13.7 Å². The first kappa shape index (κ1) is 30.6. The van der Waals surface area contributed by atoms with Gasteiger partial charge in [-0.3, -0.25) is 23.7 Å². The number of nitrogens with one attached hydrogen (secondary N) is 2. The maximum Gasteiger partial charge on any atom is 0.459 e. The molecule has 1 aliphatic rings. The van der Waals surface area contributed by atoms with Gasteiger partial charge < -0.3 is 24.2 Å². The first-order valence-electron chi connectivity index (χ1n) is 11.7. The zero-order valence-corrected chi connectivity index (χ0v) is 22.4. The van der Waals surface area contributed by atoms with Crippen LogP contribution in [0.4, 0.5) is 0 Å². The number of aliphatic hydroxyl groups excluding tert-OH is 1. The predicted molar refractivity (Wildman–Crippen MR) is 138 cm³/mol. The van der Waals surface area contributed by atoms with Gasteiger partial charge in [0.2, 0.25) is 5.72 Å². The van der Waals surface area contributed by atoms with Crippen molar-refractivity contribution in [1.29, 1.82) is 0 Å². The molecule has 4 N–H and O–H groups in total. The first-order valence-corrected chi connectivity index (χ1v) is 13.2. The van der Waals surface area contributed by atoms with Crippen molar-refractivity contribution in [2.45, 2.75) is 56.6 Å². The van der Waals surface area contributed by atoms with Crippen LogP contribution in [-0.2, 0) is 23.4 Å². The summed E-state index contributed by atoms with van der Waals surface area (Å²) in [4.78, 5) is 40.8. The summed E-state index contributed by atoms with van der Waals surface area (Å²) in [5.74, 6) is 1.16. The number of nitrogens with zero attached hydrogens (tertiary/aromatic N) is 4. The van der Waals surface area contributed by atoms with Crippen molar-refractivity contribution in [3.05, 3.63) is 73.9 Å². The highest BCUT2D eigenvalue weighted by molar-refractivity contribution is 7.52. The number of hydrogen-bond acceptors (Lipinski definition) is 11. The van der Waals surface area contributed by atoms with E-state index in [4.69, 9.17) is 24.9 Å². The highest BCUT2D eigenvalue weighted by Gasteiger charge is 2.64. The monoisotopic (exact) mass is 578 g/mol. The van der Waals surface area contributed by atoms with Gasteiger partial charge in [0.25, 0.3) is 5.56 Å². The average Bonchev–Trinajstić information content (AvgIpc) is 3.11. The van der Waals surface area contributed by atoms with Crippen LogP contribution >= 0.6 is 7.75 Å². The molecular weight excluding hydrogens is 551 g/mol. The van der Waals surface area contributed by atoms with E-state index in [2.05, 4.69) is 15.1 Å². The van der Waals surface area contributed by atoms with Gasteiger partial charge >= 0.3 is 19.4 Å². The van der Waals surface area contributed by atoms with Crippen LogP contribution in [0.2, 0.25) is 0 Å². The number of rotatable bonds is 11. The van der Waals surface area contributed by atoms with E-state index in [0.29, 0.717) is 4.57 Å². The van der Waals surface area contributed by atoms with Crippen LogP contribution in [0.5, 0.6) is 5.75 Å².